The number of carbonyl (C=O) groups is 2. The molecule has 6 nitrogen and oxygen atoms in total. The van der Waals surface area contributed by atoms with E-state index in [-0.39, 0.29) is 17.9 Å². The molecule has 0 aliphatic rings. The summed E-state index contributed by atoms with van der Waals surface area (Å²) < 4.78 is 5.17. The van der Waals surface area contributed by atoms with Gasteiger partial charge in [0.25, 0.3) is 5.91 Å². The molecular weight excluding hydrogens is 354 g/mol. The Kier molecular flexibility index (Phi) is 5.59. The van der Waals surface area contributed by atoms with Crippen molar-refractivity contribution in [1.29, 1.82) is 0 Å². The van der Waals surface area contributed by atoms with E-state index in [1.54, 1.807) is 19.2 Å². The minimum absolute atomic E-state index is 0.198. The average Bonchev–Trinajstić information content (AvgIpc) is 2.66. The second kappa shape index (κ2) is 8.08. The van der Waals surface area contributed by atoms with Gasteiger partial charge in [0.05, 0.1) is 24.2 Å². The molecule has 0 unspecified atom stereocenters. The van der Waals surface area contributed by atoms with Crippen LogP contribution in [-0.4, -0.2) is 23.9 Å². The number of pyridine rings is 1. The Labute approximate surface area is 163 Å². The molecule has 2 N–H and O–H groups in total. The lowest BCUT2D eigenvalue weighted by Crippen LogP contribution is -2.27. The predicted octanol–water partition coefficient (Wildman–Crippen LogP) is 4.00. The van der Waals surface area contributed by atoms with Gasteiger partial charge in [-0.25, -0.2) is 0 Å². The van der Waals surface area contributed by atoms with Crippen molar-refractivity contribution in [3.63, 3.8) is 0 Å². The van der Waals surface area contributed by atoms with Gasteiger partial charge in [-0.1, -0.05) is 18.2 Å². The van der Waals surface area contributed by atoms with Crippen LogP contribution in [0.25, 0.3) is 10.9 Å². The molecule has 0 radical (unpaired) electrons. The zero-order valence-corrected chi connectivity index (χ0v) is 16.4. The molecule has 1 heterocycles. The largest absolute Gasteiger partial charge is 0.497 e. The van der Waals surface area contributed by atoms with Crippen LogP contribution in [0.2, 0.25) is 0 Å². The first-order chi connectivity index (χ1) is 13.4. The number of nitrogens with one attached hydrogen (secondary N) is 2. The molecule has 2 aromatic carbocycles. The fourth-order valence-corrected chi connectivity index (χ4v) is 3.05. The normalized spacial score (nSPS) is 11.7. The van der Waals surface area contributed by atoms with Crippen LogP contribution >= 0.6 is 0 Å². The van der Waals surface area contributed by atoms with Gasteiger partial charge in [-0.3, -0.25) is 14.6 Å². The maximum absolute atomic E-state index is 13.0. The third-order valence-corrected chi connectivity index (χ3v) is 4.47. The highest BCUT2D eigenvalue weighted by Gasteiger charge is 2.16. The molecule has 0 bridgehead atoms. The molecule has 0 aliphatic carbocycles. The van der Waals surface area contributed by atoms with Gasteiger partial charge in [-0.05, 0) is 49.7 Å². The summed E-state index contributed by atoms with van der Waals surface area (Å²) in [4.78, 5) is 29.0. The lowest BCUT2D eigenvalue weighted by atomic mass is 10.0. The van der Waals surface area contributed by atoms with E-state index in [2.05, 4.69) is 15.6 Å². The zero-order valence-electron chi connectivity index (χ0n) is 16.4. The Morgan fingerprint density at radius 2 is 1.79 bits per heavy atom. The monoisotopic (exact) mass is 377 g/mol. The maximum Gasteiger partial charge on any atom is 0.252 e. The number of benzene rings is 2. The number of aromatic nitrogens is 1. The first kappa shape index (κ1) is 19.4. The Balaban J connectivity index is 1.93. The number of aryl methyl sites for hydroxylation is 1. The molecule has 0 spiro atoms. The summed E-state index contributed by atoms with van der Waals surface area (Å²) in [5.41, 5.74) is 3.47. The van der Waals surface area contributed by atoms with Crippen LogP contribution in [0.5, 0.6) is 5.75 Å². The molecule has 1 aromatic heterocycles. The number of methoxy groups -OCH3 is 1. The van der Waals surface area contributed by atoms with E-state index in [1.165, 1.54) is 6.92 Å². The number of hydrogen-bond acceptors (Lipinski definition) is 4. The highest BCUT2D eigenvalue weighted by Crippen LogP contribution is 2.25. The van der Waals surface area contributed by atoms with Gasteiger partial charge in [0.2, 0.25) is 5.91 Å². The molecule has 0 aliphatic heterocycles. The predicted molar refractivity (Wildman–Crippen MR) is 110 cm³/mol. The molecule has 1 atom stereocenters. The number of fused-ring (bicyclic) bond motifs is 1. The number of carbonyl (C=O) groups excluding carboxylic acids is 2. The van der Waals surface area contributed by atoms with Gasteiger partial charge in [0.1, 0.15) is 5.75 Å². The summed E-state index contributed by atoms with van der Waals surface area (Å²) in [6.45, 7) is 5.23. The van der Waals surface area contributed by atoms with Crippen LogP contribution in [0.4, 0.5) is 5.69 Å². The maximum atomic E-state index is 13.0. The van der Waals surface area contributed by atoms with Crippen molar-refractivity contribution in [2.24, 2.45) is 0 Å². The first-order valence-corrected chi connectivity index (χ1v) is 9.01. The topological polar surface area (TPSA) is 80.3 Å². The summed E-state index contributed by atoms with van der Waals surface area (Å²) in [5, 5.41) is 6.49. The SMILES string of the molecule is COc1ccc([C@@H](C)NC(=O)c2cc(NC(C)=O)cc3nc(C)ccc23)cc1. The van der Waals surface area contributed by atoms with Crippen LogP contribution in [0, 0.1) is 6.92 Å². The second-order valence-electron chi connectivity index (χ2n) is 6.69. The van der Waals surface area contributed by atoms with E-state index in [9.17, 15) is 9.59 Å². The number of amides is 2. The second-order valence-corrected chi connectivity index (χ2v) is 6.69. The molecule has 3 aromatic rings. The van der Waals surface area contributed by atoms with Crippen molar-refractivity contribution in [3.05, 3.63) is 65.4 Å². The Morgan fingerprint density at radius 1 is 1.07 bits per heavy atom. The van der Waals surface area contributed by atoms with Crippen molar-refractivity contribution >= 4 is 28.4 Å². The quantitative estimate of drug-likeness (QED) is 0.704. The van der Waals surface area contributed by atoms with Crippen LogP contribution in [0.3, 0.4) is 0 Å². The van der Waals surface area contributed by atoms with Gasteiger partial charge in [0, 0.05) is 23.7 Å². The number of anilines is 1. The zero-order chi connectivity index (χ0) is 20.3. The third kappa shape index (κ3) is 4.28. The number of rotatable bonds is 5. The van der Waals surface area contributed by atoms with E-state index in [0.717, 1.165) is 22.4 Å². The molecule has 28 heavy (non-hydrogen) atoms. The van der Waals surface area contributed by atoms with E-state index >= 15 is 0 Å². The van der Waals surface area contributed by atoms with Gasteiger partial charge < -0.3 is 15.4 Å². The Hall–Kier alpha value is -3.41. The van der Waals surface area contributed by atoms with Crippen molar-refractivity contribution < 1.29 is 14.3 Å². The van der Waals surface area contributed by atoms with E-state index in [4.69, 9.17) is 4.74 Å². The van der Waals surface area contributed by atoms with E-state index in [1.807, 2.05) is 50.2 Å². The number of hydrogen-bond donors (Lipinski definition) is 2. The summed E-state index contributed by atoms with van der Waals surface area (Å²) in [5.74, 6) is 0.328. The van der Waals surface area contributed by atoms with Gasteiger partial charge in [0.15, 0.2) is 0 Å². The summed E-state index contributed by atoms with van der Waals surface area (Å²) in [7, 11) is 1.61. The fraction of sp³-hybridized carbons (Fsp3) is 0.227. The molecule has 3 rings (SSSR count). The summed E-state index contributed by atoms with van der Waals surface area (Å²) in [6, 6.07) is 14.5. The van der Waals surface area contributed by atoms with Gasteiger partial charge in [-0.2, -0.15) is 0 Å². The van der Waals surface area contributed by atoms with E-state index < -0.39 is 0 Å². The van der Waals surface area contributed by atoms with Gasteiger partial charge in [-0.15, -0.1) is 0 Å². The highest BCUT2D eigenvalue weighted by atomic mass is 16.5. The Morgan fingerprint density at radius 3 is 2.43 bits per heavy atom. The smallest absolute Gasteiger partial charge is 0.252 e. The van der Waals surface area contributed by atoms with Gasteiger partial charge >= 0.3 is 0 Å². The standard InChI is InChI=1S/C22H23N3O3/c1-13-5-10-19-20(11-17(25-15(3)26)12-21(19)23-13)22(27)24-14(2)16-6-8-18(28-4)9-7-16/h5-12,14H,1-4H3,(H,24,27)(H,25,26)/t14-/m1/s1. The van der Waals surface area contributed by atoms with Crippen LogP contribution in [0.1, 0.15) is 41.5 Å². The van der Waals surface area contributed by atoms with Crippen molar-refractivity contribution in [1.82, 2.24) is 10.3 Å². The lowest BCUT2D eigenvalue weighted by molar-refractivity contribution is -0.114. The van der Waals surface area contributed by atoms with Crippen LogP contribution in [-0.2, 0) is 4.79 Å². The first-order valence-electron chi connectivity index (χ1n) is 9.01. The van der Waals surface area contributed by atoms with Crippen molar-refractivity contribution in [3.8, 4) is 5.75 Å². The summed E-state index contributed by atoms with van der Waals surface area (Å²) in [6.07, 6.45) is 0. The van der Waals surface area contributed by atoms with Crippen molar-refractivity contribution in [2.75, 3.05) is 12.4 Å². The number of ether oxygens (including phenoxy) is 1. The minimum Gasteiger partial charge on any atom is -0.497 e. The summed E-state index contributed by atoms with van der Waals surface area (Å²) >= 11 is 0. The third-order valence-electron chi connectivity index (χ3n) is 4.47. The molecule has 0 fully saturated rings. The van der Waals surface area contributed by atoms with E-state index in [0.29, 0.717) is 16.8 Å². The minimum atomic E-state index is -0.230. The van der Waals surface area contributed by atoms with Crippen LogP contribution in [0.15, 0.2) is 48.5 Å². The number of nitrogens with zero attached hydrogens (tertiary/aromatic N) is 1. The molecule has 0 saturated heterocycles. The molecule has 2 amide bonds. The van der Waals surface area contributed by atoms with Crippen molar-refractivity contribution in [2.45, 2.75) is 26.8 Å². The lowest BCUT2D eigenvalue weighted by Gasteiger charge is -2.16. The fourth-order valence-electron chi connectivity index (χ4n) is 3.05. The molecule has 6 heteroatoms. The molecular formula is C22H23N3O3. The molecule has 0 saturated carbocycles. The highest BCUT2D eigenvalue weighted by molar-refractivity contribution is 6.08. The van der Waals surface area contributed by atoms with Crippen LogP contribution < -0.4 is 15.4 Å². The molecule has 144 valence electrons. The Bertz CT molecular complexity index is 1030. The average molecular weight is 377 g/mol.